The van der Waals surface area contributed by atoms with E-state index in [1.54, 1.807) is 37.5 Å². The van der Waals surface area contributed by atoms with E-state index < -0.39 is 106 Å². The zero-order valence-electron chi connectivity index (χ0n) is 68.2. The second-order valence-corrected chi connectivity index (χ2v) is 64.7. The number of carbonyl (C=O) groups excluding carboxylic acids is 2. The normalized spacial score (nSPS) is 30.2. The highest BCUT2D eigenvalue weighted by molar-refractivity contribution is 7.91. The SMILES string of the molecule is C=C1C(C)CC(CCC2OC(CCC(=O)/C=C/C(O[Si](C)(C)C(C)(C)C)[C@@H]3O[C@H]4CCC(CC(=O)OC)OC4C(O[Si](C)(C)C(C)(C)C)C3O[Si](C)(C)C(C)(C)C)CC2(C)C)OC1C[C@@H]1O[C@H](CC(CO[Si](C)(C)C(C)(C)C)O[Si](C)(C)C(C)(C)C)[C@H](OC)C1CS(=O)(=O)c1ccccc1. The molecule has 0 saturated carbocycles. The Hall–Kier alpha value is -1.57. The Morgan fingerprint density at radius 1 is 0.650 bits per heavy atom. The molecule has 0 amide bonds. The molecule has 0 N–H and O–H groups in total. The Morgan fingerprint density at radius 2 is 1.21 bits per heavy atom. The molecule has 576 valence electrons. The van der Waals surface area contributed by atoms with Crippen LogP contribution in [0.15, 0.2) is 59.5 Å². The number of benzene rings is 1. The number of esters is 1. The Kier molecular flexibility index (Phi) is 28.9. The van der Waals surface area contributed by atoms with E-state index in [2.05, 4.69) is 197 Å². The summed E-state index contributed by atoms with van der Waals surface area (Å²) in [7, 11) is -12.8. The first-order valence-electron chi connectivity index (χ1n) is 37.9. The van der Waals surface area contributed by atoms with Crippen LogP contribution in [-0.4, -0.2) is 180 Å². The van der Waals surface area contributed by atoms with Gasteiger partial charge in [0.15, 0.2) is 57.2 Å². The Morgan fingerprint density at radius 3 is 1.76 bits per heavy atom. The molecule has 1 aromatic carbocycles. The van der Waals surface area contributed by atoms with Crippen LogP contribution in [0.2, 0.25) is 90.7 Å². The average Bonchev–Trinajstić information content (AvgIpc) is 0.936. The smallest absolute Gasteiger partial charge is 0.308 e. The van der Waals surface area contributed by atoms with Crippen LogP contribution < -0.4 is 0 Å². The van der Waals surface area contributed by atoms with Crippen molar-refractivity contribution in [1.29, 1.82) is 0 Å². The summed E-state index contributed by atoms with van der Waals surface area (Å²) < 4.78 is 113. The molecule has 0 spiro atoms. The average molecular weight is 1510 g/mol. The molecular weight excluding hydrogens is 1370 g/mol. The molecule has 22 heteroatoms. The summed E-state index contributed by atoms with van der Waals surface area (Å²) in [6.07, 6.45) is 3.80. The van der Waals surface area contributed by atoms with Gasteiger partial charge in [-0.25, -0.2) is 8.42 Å². The zero-order valence-corrected chi connectivity index (χ0v) is 74.0. The van der Waals surface area contributed by atoms with Gasteiger partial charge in [-0.3, -0.25) is 9.59 Å². The third kappa shape index (κ3) is 22.1. The van der Waals surface area contributed by atoms with Gasteiger partial charge in [-0.15, -0.1) is 0 Å². The number of ether oxygens (including phenoxy) is 7. The van der Waals surface area contributed by atoms with Crippen molar-refractivity contribution in [2.45, 2.75) is 382 Å². The fourth-order valence-electron chi connectivity index (χ4n) is 13.6. The molecule has 5 saturated heterocycles. The molecule has 12 unspecified atom stereocenters. The van der Waals surface area contributed by atoms with Crippen molar-refractivity contribution in [2.24, 2.45) is 17.3 Å². The maximum Gasteiger partial charge on any atom is 0.308 e. The van der Waals surface area contributed by atoms with Gasteiger partial charge < -0.3 is 55.3 Å². The number of allylic oxidation sites excluding steroid dienone is 1. The molecule has 5 heterocycles. The lowest BCUT2D eigenvalue weighted by atomic mass is 9.80. The minimum absolute atomic E-state index is 0.00453. The van der Waals surface area contributed by atoms with Crippen molar-refractivity contribution in [3.05, 3.63) is 54.6 Å². The number of ketones is 1. The topological polar surface area (TPSA) is 179 Å². The first-order valence-corrected chi connectivity index (χ1v) is 54.1. The van der Waals surface area contributed by atoms with Gasteiger partial charge >= 0.3 is 5.97 Å². The predicted octanol–water partition coefficient (Wildman–Crippen LogP) is 18.3. The van der Waals surface area contributed by atoms with Gasteiger partial charge in [0, 0.05) is 32.3 Å². The van der Waals surface area contributed by atoms with Crippen LogP contribution in [0.4, 0.5) is 0 Å². The van der Waals surface area contributed by atoms with Crippen LogP contribution in [0.3, 0.4) is 0 Å². The summed E-state index contributed by atoms with van der Waals surface area (Å²) in [5.41, 5.74) is 0.832. The Balaban J connectivity index is 1.21. The van der Waals surface area contributed by atoms with Crippen molar-refractivity contribution in [3.8, 4) is 0 Å². The molecule has 16 nitrogen and oxygen atoms in total. The molecule has 0 aromatic heterocycles. The van der Waals surface area contributed by atoms with Crippen LogP contribution in [0.5, 0.6) is 0 Å². The number of rotatable bonds is 30. The molecule has 1 aromatic rings. The lowest BCUT2D eigenvalue weighted by Gasteiger charge is -2.56. The maximum atomic E-state index is 14.5. The highest BCUT2D eigenvalue weighted by Crippen LogP contribution is 2.50. The molecular formula is C78H142O16SSi5. The van der Waals surface area contributed by atoms with E-state index in [1.165, 1.54) is 7.11 Å². The molecule has 0 aliphatic carbocycles. The highest BCUT2D eigenvalue weighted by atomic mass is 32.2. The van der Waals surface area contributed by atoms with E-state index >= 15 is 0 Å². The van der Waals surface area contributed by atoms with E-state index in [0.717, 1.165) is 31.3 Å². The van der Waals surface area contributed by atoms with Gasteiger partial charge in [-0.05, 0) is 171 Å². The summed E-state index contributed by atoms with van der Waals surface area (Å²) in [6.45, 7) is 68.0. The van der Waals surface area contributed by atoms with E-state index in [-0.39, 0.29) is 108 Å². The van der Waals surface area contributed by atoms with Gasteiger partial charge in [0.2, 0.25) is 0 Å². The number of sulfone groups is 1. The van der Waals surface area contributed by atoms with Crippen molar-refractivity contribution in [3.63, 3.8) is 0 Å². The Labute approximate surface area is 613 Å². The predicted molar refractivity (Wildman–Crippen MR) is 417 cm³/mol. The summed E-state index contributed by atoms with van der Waals surface area (Å²) in [6, 6.07) is 8.70. The van der Waals surface area contributed by atoms with Crippen LogP contribution in [0, 0.1) is 17.3 Å². The zero-order chi connectivity index (χ0) is 75.8. The van der Waals surface area contributed by atoms with Gasteiger partial charge in [0.1, 0.15) is 24.4 Å². The second kappa shape index (κ2) is 33.1. The lowest BCUT2D eigenvalue weighted by molar-refractivity contribution is -0.267. The molecule has 0 bridgehead atoms. The van der Waals surface area contributed by atoms with Gasteiger partial charge in [0.25, 0.3) is 0 Å². The Bertz CT molecular complexity index is 2990. The largest absolute Gasteiger partial charge is 0.469 e. The summed E-state index contributed by atoms with van der Waals surface area (Å²) in [4.78, 5) is 27.6. The van der Waals surface area contributed by atoms with E-state index in [9.17, 15) is 18.0 Å². The van der Waals surface area contributed by atoms with Crippen molar-refractivity contribution < 1.29 is 73.3 Å². The van der Waals surface area contributed by atoms with E-state index in [1.807, 2.05) is 12.1 Å². The third-order valence-corrected chi connectivity index (χ3v) is 49.7. The standard InChI is InChI=1S/C78H142O16SSi5/c1-52-45-55(86-63(53(52)2)48-64-60(51-95(81,82)59-35-33-32-34-36-59)68(84-21)65(89-64)46-58(91-97(24,25)74(6,7)8)50-85-96(22,23)73(3,4)5)41-44-66-78(18,19)49-57(87-66)39-37-54(79)38-42-62(92-98(26,27)75(9,10)11)70-72(94-100(30,31)77(15,16)17)71(93-99(28,29)76(12,13)14)69-61(90-70)43-40-56(88-69)47-67(80)83-20/h32-36,38,42,52,55-58,60-66,68-72H,2,37,39-41,43-51H2,1,3-31H3/b42-38+/t52?,55?,56?,57?,58?,60?,61-,62?,63?,64-,65+,66?,68+,69?,70-,71?,72?/m0/s1. The fraction of sp³-hybridized carbons (Fsp3) is 0.846. The molecule has 100 heavy (non-hydrogen) atoms. The minimum Gasteiger partial charge on any atom is -0.469 e. The number of carbonyl (C=O) groups is 2. The van der Waals surface area contributed by atoms with Crippen LogP contribution in [0.25, 0.3) is 0 Å². The van der Waals surface area contributed by atoms with Crippen LogP contribution >= 0.6 is 0 Å². The second-order valence-electron chi connectivity index (χ2n) is 38.8. The van der Waals surface area contributed by atoms with E-state index in [0.29, 0.717) is 45.1 Å². The minimum atomic E-state index is -3.77. The van der Waals surface area contributed by atoms with E-state index in [4.69, 9.17) is 55.3 Å². The molecule has 5 fully saturated rings. The monoisotopic (exact) mass is 1510 g/mol. The highest BCUT2D eigenvalue weighted by Gasteiger charge is 2.59. The number of hydrogen-bond acceptors (Lipinski definition) is 16. The lowest BCUT2D eigenvalue weighted by Crippen LogP contribution is -2.69. The third-order valence-electron chi connectivity index (χ3n) is 25.4. The van der Waals surface area contributed by atoms with Gasteiger partial charge in [-0.1, -0.05) is 155 Å². The number of hydrogen-bond donors (Lipinski definition) is 0. The summed E-state index contributed by atoms with van der Waals surface area (Å²) in [5, 5.41) is -0.544. The molecule has 0 radical (unpaired) electrons. The van der Waals surface area contributed by atoms with Crippen molar-refractivity contribution >= 4 is 63.2 Å². The molecule has 17 atom stereocenters. The molecule has 6 rings (SSSR count). The fourth-order valence-corrected chi connectivity index (χ4v) is 21.5. The van der Waals surface area contributed by atoms with Crippen LogP contribution in [-0.2, 0) is 74.7 Å². The molecule has 5 aliphatic rings. The van der Waals surface area contributed by atoms with Crippen molar-refractivity contribution in [2.75, 3.05) is 26.6 Å². The van der Waals surface area contributed by atoms with Gasteiger partial charge in [0.05, 0.1) is 97.9 Å². The quantitative estimate of drug-likeness (QED) is 0.0307. The number of fused-ring (bicyclic) bond motifs is 1. The van der Waals surface area contributed by atoms with Crippen LogP contribution in [0.1, 0.15) is 195 Å². The first-order chi connectivity index (χ1) is 45.5. The first kappa shape index (κ1) is 87.3. The van der Waals surface area contributed by atoms with Gasteiger partial charge in [-0.2, -0.15) is 0 Å². The maximum absolute atomic E-state index is 14.5. The molecule has 5 aliphatic heterocycles. The number of methoxy groups -OCH3 is 2. The van der Waals surface area contributed by atoms with Crippen molar-refractivity contribution in [1.82, 2.24) is 0 Å². The summed E-state index contributed by atoms with van der Waals surface area (Å²) in [5.74, 6) is -0.830. The summed E-state index contributed by atoms with van der Waals surface area (Å²) >= 11 is 0.